The van der Waals surface area contributed by atoms with Gasteiger partial charge < -0.3 is 10.6 Å². The summed E-state index contributed by atoms with van der Waals surface area (Å²) < 4.78 is 0. The van der Waals surface area contributed by atoms with Crippen molar-refractivity contribution in [1.82, 2.24) is 20.5 Å². The quantitative estimate of drug-likeness (QED) is 0.756. The Morgan fingerprint density at radius 1 is 1.44 bits per heavy atom. The van der Waals surface area contributed by atoms with E-state index in [1.165, 1.54) is 19.3 Å². The summed E-state index contributed by atoms with van der Waals surface area (Å²) in [5.41, 5.74) is 4.59. The first-order chi connectivity index (χ1) is 13.0. The summed E-state index contributed by atoms with van der Waals surface area (Å²) in [5.74, 6) is 0.0805. The van der Waals surface area contributed by atoms with Crippen LogP contribution in [-0.4, -0.2) is 48.0 Å². The van der Waals surface area contributed by atoms with Gasteiger partial charge in [-0.2, -0.15) is 0 Å². The van der Waals surface area contributed by atoms with Crippen LogP contribution in [0.5, 0.6) is 0 Å². The molecule has 3 rings (SSSR count). The van der Waals surface area contributed by atoms with E-state index in [4.69, 9.17) is 0 Å². The van der Waals surface area contributed by atoms with Crippen LogP contribution in [0.1, 0.15) is 52.0 Å². The van der Waals surface area contributed by atoms with Gasteiger partial charge in [-0.1, -0.05) is 31.1 Å². The number of piperazine rings is 1. The van der Waals surface area contributed by atoms with Crippen LogP contribution in [0.2, 0.25) is 0 Å². The lowest BCUT2D eigenvalue weighted by atomic mass is 9.71. The molecule has 1 fully saturated rings. The van der Waals surface area contributed by atoms with Crippen LogP contribution in [0, 0.1) is 5.41 Å². The predicted octanol–water partition coefficient (Wildman–Crippen LogP) is 2.89. The summed E-state index contributed by atoms with van der Waals surface area (Å²) in [4.78, 5) is 19.1. The molecule has 0 radical (unpaired) electrons. The van der Waals surface area contributed by atoms with Crippen LogP contribution in [0.25, 0.3) is 0 Å². The summed E-state index contributed by atoms with van der Waals surface area (Å²) in [7, 11) is 0. The van der Waals surface area contributed by atoms with Crippen molar-refractivity contribution in [3.8, 4) is 0 Å². The van der Waals surface area contributed by atoms with Gasteiger partial charge >= 0.3 is 0 Å². The van der Waals surface area contributed by atoms with Crippen molar-refractivity contribution in [3.05, 3.63) is 41.2 Å². The number of amides is 1. The Kier molecular flexibility index (Phi) is 6.66. The fourth-order valence-electron chi connectivity index (χ4n) is 4.50. The Labute approximate surface area is 163 Å². The molecule has 2 aliphatic rings. The third-order valence-electron chi connectivity index (χ3n) is 6.13. The molecule has 1 aliphatic carbocycles. The van der Waals surface area contributed by atoms with E-state index in [0.29, 0.717) is 12.0 Å². The fourth-order valence-corrected chi connectivity index (χ4v) is 4.50. The Morgan fingerprint density at radius 2 is 2.30 bits per heavy atom. The zero-order valence-electron chi connectivity index (χ0n) is 17.1. The maximum absolute atomic E-state index is 12.5. The molecule has 0 saturated carbocycles. The van der Waals surface area contributed by atoms with E-state index in [0.717, 1.165) is 38.2 Å². The van der Waals surface area contributed by atoms with E-state index in [1.807, 2.05) is 12.1 Å². The average molecular weight is 371 g/mol. The molecule has 1 aliphatic heterocycles. The molecule has 0 bridgehead atoms. The molecule has 27 heavy (non-hydrogen) atoms. The summed E-state index contributed by atoms with van der Waals surface area (Å²) in [6, 6.07) is 3.74. The lowest BCUT2D eigenvalue weighted by Crippen LogP contribution is -2.57. The SMILES string of the molecule is CC1=C(CCN2CCN[C@H](C(=O)NCc3cccnc3)C2)C(C)(C)CCC1. The average Bonchev–Trinajstić information content (AvgIpc) is 2.66. The molecular weight excluding hydrogens is 336 g/mol. The first kappa shape index (κ1) is 20.0. The largest absolute Gasteiger partial charge is 0.351 e. The van der Waals surface area contributed by atoms with Crippen molar-refractivity contribution in [2.75, 3.05) is 26.2 Å². The van der Waals surface area contributed by atoms with Gasteiger partial charge in [0.05, 0.1) is 6.04 Å². The zero-order valence-corrected chi connectivity index (χ0v) is 17.1. The van der Waals surface area contributed by atoms with Crippen molar-refractivity contribution >= 4 is 5.91 Å². The second kappa shape index (κ2) is 8.98. The van der Waals surface area contributed by atoms with E-state index in [1.54, 1.807) is 23.5 Å². The molecular formula is C22H34N4O. The van der Waals surface area contributed by atoms with Crippen LogP contribution in [0.15, 0.2) is 35.7 Å². The molecule has 1 aromatic heterocycles. The molecule has 2 heterocycles. The molecule has 0 unspecified atom stereocenters. The lowest BCUT2D eigenvalue weighted by Gasteiger charge is -2.37. The Hall–Kier alpha value is -1.72. The summed E-state index contributed by atoms with van der Waals surface area (Å²) in [5, 5.41) is 6.40. The lowest BCUT2D eigenvalue weighted by molar-refractivity contribution is -0.124. The molecule has 0 aromatic carbocycles. The third-order valence-corrected chi connectivity index (χ3v) is 6.13. The summed E-state index contributed by atoms with van der Waals surface area (Å²) >= 11 is 0. The van der Waals surface area contributed by atoms with Gasteiger partial charge in [-0.3, -0.25) is 14.7 Å². The first-order valence-electron chi connectivity index (χ1n) is 10.3. The van der Waals surface area contributed by atoms with Gasteiger partial charge in [0.15, 0.2) is 0 Å². The fraction of sp³-hybridized carbons (Fsp3) is 0.636. The van der Waals surface area contributed by atoms with Crippen LogP contribution in [-0.2, 0) is 11.3 Å². The number of carbonyl (C=O) groups excluding carboxylic acids is 1. The molecule has 0 spiro atoms. The van der Waals surface area contributed by atoms with Crippen LogP contribution >= 0.6 is 0 Å². The predicted molar refractivity (Wildman–Crippen MR) is 109 cm³/mol. The standard InChI is InChI=1S/C22H34N4O/c1-17-6-4-9-22(2,3)19(17)8-12-26-13-11-24-20(16-26)21(27)25-15-18-7-5-10-23-14-18/h5,7,10,14,20,24H,4,6,8-9,11-13,15-16H2,1-3H3,(H,25,27)/t20-/m0/s1. The van der Waals surface area contributed by atoms with E-state index < -0.39 is 0 Å². The van der Waals surface area contributed by atoms with Crippen LogP contribution < -0.4 is 10.6 Å². The van der Waals surface area contributed by atoms with E-state index in [2.05, 4.69) is 41.3 Å². The molecule has 2 N–H and O–H groups in total. The molecule has 148 valence electrons. The van der Waals surface area contributed by atoms with Gasteiger partial charge in [0.25, 0.3) is 0 Å². The summed E-state index contributed by atoms with van der Waals surface area (Å²) in [6.45, 7) is 11.3. The van der Waals surface area contributed by atoms with Gasteiger partial charge in [-0.05, 0) is 49.7 Å². The zero-order chi connectivity index (χ0) is 19.3. The van der Waals surface area contributed by atoms with Crippen molar-refractivity contribution in [2.45, 2.75) is 59.0 Å². The normalized spacial score (nSPS) is 23.3. The minimum Gasteiger partial charge on any atom is -0.351 e. The Bertz CT molecular complexity index is 668. The number of rotatable bonds is 6. The highest BCUT2D eigenvalue weighted by Crippen LogP contribution is 2.41. The number of nitrogens with one attached hydrogen (secondary N) is 2. The minimum absolute atomic E-state index is 0.0805. The van der Waals surface area contributed by atoms with Crippen LogP contribution in [0.4, 0.5) is 0 Å². The molecule has 1 atom stereocenters. The molecule has 1 saturated heterocycles. The van der Waals surface area contributed by atoms with Crippen molar-refractivity contribution in [2.24, 2.45) is 5.41 Å². The second-order valence-corrected chi connectivity index (χ2v) is 8.63. The highest BCUT2D eigenvalue weighted by atomic mass is 16.2. The topological polar surface area (TPSA) is 57.3 Å². The number of nitrogens with zero attached hydrogens (tertiary/aromatic N) is 2. The first-order valence-corrected chi connectivity index (χ1v) is 10.3. The second-order valence-electron chi connectivity index (χ2n) is 8.63. The number of allylic oxidation sites excluding steroid dienone is 1. The number of hydrogen-bond donors (Lipinski definition) is 2. The number of carbonyl (C=O) groups is 1. The molecule has 1 amide bonds. The van der Waals surface area contributed by atoms with E-state index >= 15 is 0 Å². The molecule has 1 aromatic rings. The maximum Gasteiger partial charge on any atom is 0.238 e. The highest BCUT2D eigenvalue weighted by Gasteiger charge is 2.30. The van der Waals surface area contributed by atoms with Gasteiger partial charge in [0, 0.05) is 45.1 Å². The monoisotopic (exact) mass is 370 g/mol. The van der Waals surface area contributed by atoms with Crippen molar-refractivity contribution < 1.29 is 4.79 Å². The number of hydrogen-bond acceptors (Lipinski definition) is 4. The van der Waals surface area contributed by atoms with E-state index in [-0.39, 0.29) is 11.9 Å². The minimum atomic E-state index is -0.134. The maximum atomic E-state index is 12.5. The van der Waals surface area contributed by atoms with Gasteiger partial charge in [-0.15, -0.1) is 0 Å². The summed E-state index contributed by atoms with van der Waals surface area (Å²) in [6.07, 6.45) is 8.53. The Balaban J connectivity index is 1.49. The molecule has 5 nitrogen and oxygen atoms in total. The third kappa shape index (κ3) is 5.39. The van der Waals surface area contributed by atoms with Crippen LogP contribution in [0.3, 0.4) is 0 Å². The van der Waals surface area contributed by atoms with Crippen molar-refractivity contribution in [1.29, 1.82) is 0 Å². The van der Waals surface area contributed by atoms with Gasteiger partial charge in [-0.25, -0.2) is 0 Å². The van der Waals surface area contributed by atoms with E-state index in [9.17, 15) is 4.79 Å². The van der Waals surface area contributed by atoms with Gasteiger partial charge in [0.2, 0.25) is 5.91 Å². The number of pyridine rings is 1. The smallest absolute Gasteiger partial charge is 0.238 e. The van der Waals surface area contributed by atoms with Crippen molar-refractivity contribution in [3.63, 3.8) is 0 Å². The van der Waals surface area contributed by atoms with Gasteiger partial charge in [0.1, 0.15) is 0 Å². The molecule has 5 heteroatoms. The number of aromatic nitrogens is 1. The Morgan fingerprint density at radius 3 is 3.04 bits per heavy atom. The highest BCUT2D eigenvalue weighted by molar-refractivity contribution is 5.82.